The summed E-state index contributed by atoms with van der Waals surface area (Å²) in [6.45, 7) is 5.54. The molecule has 1 unspecified atom stereocenters. The van der Waals surface area contributed by atoms with Crippen LogP contribution in [0.4, 0.5) is 13.2 Å². The van der Waals surface area contributed by atoms with Gasteiger partial charge in [-0.3, -0.25) is 4.79 Å². The molecule has 2 rings (SSSR count). The average Bonchev–Trinajstić information content (AvgIpc) is 2.51. The molecule has 0 bridgehead atoms. The van der Waals surface area contributed by atoms with Crippen LogP contribution in [0, 0.1) is 18.8 Å². The van der Waals surface area contributed by atoms with Gasteiger partial charge in [0.2, 0.25) is 0 Å². The Labute approximate surface area is 145 Å². The normalized spacial score (nSPS) is 18.7. The summed E-state index contributed by atoms with van der Waals surface area (Å²) < 4.78 is 44.0. The number of rotatable bonds is 4. The van der Waals surface area contributed by atoms with E-state index in [1.165, 1.54) is 0 Å². The van der Waals surface area contributed by atoms with Crippen molar-refractivity contribution < 1.29 is 22.4 Å². The number of nitrogens with zero attached hydrogens (tertiary/aromatic N) is 1. The highest BCUT2D eigenvalue weighted by Crippen LogP contribution is 2.33. The van der Waals surface area contributed by atoms with Gasteiger partial charge in [-0.2, -0.15) is 13.2 Å². The fourth-order valence-electron chi connectivity index (χ4n) is 3.07. The fraction of sp³-hybridized carbons (Fsp3) is 0.667. The van der Waals surface area contributed by atoms with E-state index in [4.69, 9.17) is 4.42 Å². The zero-order valence-electron chi connectivity index (χ0n) is 14.8. The van der Waals surface area contributed by atoms with Gasteiger partial charge in [0.15, 0.2) is 0 Å². The summed E-state index contributed by atoms with van der Waals surface area (Å²) in [5.74, 6) is -1.27. The molecule has 1 aliphatic heterocycles. The number of piperidine rings is 1. The summed E-state index contributed by atoms with van der Waals surface area (Å²) in [5, 5.41) is 0. The van der Waals surface area contributed by atoms with Crippen LogP contribution in [0.25, 0.3) is 0 Å². The molecule has 0 aliphatic carbocycles. The quantitative estimate of drug-likeness (QED) is 0.818. The Morgan fingerprint density at radius 3 is 2.64 bits per heavy atom. The van der Waals surface area contributed by atoms with Crippen LogP contribution < -0.4 is 5.63 Å². The van der Waals surface area contributed by atoms with E-state index in [-0.39, 0.29) is 24.9 Å². The SMILES string of the molecule is Cc1cc(CCC(C)C)oc(=O)c1C(=O)N1CCCC(C(F)(F)F)C1. The second kappa shape index (κ2) is 7.62. The largest absolute Gasteiger partial charge is 0.427 e. The Bertz CT molecular complexity index is 679. The minimum atomic E-state index is -4.33. The minimum absolute atomic E-state index is 0.00894. The Balaban J connectivity index is 2.20. The molecule has 1 amide bonds. The molecule has 1 atom stereocenters. The average molecular weight is 359 g/mol. The van der Waals surface area contributed by atoms with Gasteiger partial charge >= 0.3 is 11.8 Å². The summed E-state index contributed by atoms with van der Waals surface area (Å²) in [6.07, 6.45) is -2.63. The van der Waals surface area contributed by atoms with Crippen LogP contribution in [0.2, 0.25) is 0 Å². The molecule has 7 heteroatoms. The monoisotopic (exact) mass is 359 g/mol. The van der Waals surface area contributed by atoms with Crippen LogP contribution >= 0.6 is 0 Å². The lowest BCUT2D eigenvalue weighted by molar-refractivity contribution is -0.184. The fourth-order valence-corrected chi connectivity index (χ4v) is 3.07. The van der Waals surface area contributed by atoms with Crippen molar-refractivity contribution in [3.8, 4) is 0 Å². The second-order valence-electron chi connectivity index (χ2n) is 7.12. The molecule has 1 aromatic rings. The van der Waals surface area contributed by atoms with Gasteiger partial charge in [0, 0.05) is 19.5 Å². The van der Waals surface area contributed by atoms with Gasteiger partial charge < -0.3 is 9.32 Å². The predicted octanol–water partition coefficient (Wildman–Crippen LogP) is 3.95. The number of likely N-dealkylation sites (tertiary alicyclic amines) is 1. The number of alkyl halides is 3. The number of amides is 1. The zero-order valence-corrected chi connectivity index (χ0v) is 14.8. The summed E-state index contributed by atoms with van der Waals surface area (Å²) in [4.78, 5) is 25.9. The molecule has 0 saturated carbocycles. The standard InChI is InChI=1S/C18H24F3NO3/c1-11(2)6-7-14-9-12(3)15(17(24)25-14)16(23)22-8-4-5-13(10-22)18(19,20)21/h9,11,13H,4-8,10H2,1-3H3. The molecule has 0 radical (unpaired) electrons. The number of aryl methyl sites for hydroxylation is 2. The maximum Gasteiger partial charge on any atom is 0.393 e. The highest BCUT2D eigenvalue weighted by atomic mass is 19.4. The first kappa shape index (κ1) is 19.5. The van der Waals surface area contributed by atoms with Gasteiger partial charge in [-0.25, -0.2) is 4.79 Å². The number of carbonyl (C=O) groups excluding carboxylic acids is 1. The van der Waals surface area contributed by atoms with Gasteiger partial charge in [-0.05, 0) is 43.7 Å². The summed E-state index contributed by atoms with van der Waals surface area (Å²) in [7, 11) is 0. The maximum atomic E-state index is 12.9. The molecule has 0 aromatic carbocycles. The Kier molecular flexibility index (Phi) is 5.95. The van der Waals surface area contributed by atoms with Crippen molar-refractivity contribution in [1.29, 1.82) is 0 Å². The topological polar surface area (TPSA) is 50.5 Å². The lowest BCUT2D eigenvalue weighted by Gasteiger charge is -2.33. The van der Waals surface area contributed by atoms with Crippen molar-refractivity contribution in [1.82, 2.24) is 4.90 Å². The Hall–Kier alpha value is -1.79. The third-order valence-corrected chi connectivity index (χ3v) is 4.55. The summed E-state index contributed by atoms with van der Waals surface area (Å²) in [5.41, 5.74) is -0.469. The third-order valence-electron chi connectivity index (χ3n) is 4.55. The highest BCUT2D eigenvalue weighted by Gasteiger charge is 2.43. The van der Waals surface area contributed by atoms with Crippen LogP contribution in [-0.2, 0) is 6.42 Å². The number of halogens is 3. The van der Waals surface area contributed by atoms with Crippen molar-refractivity contribution in [2.24, 2.45) is 11.8 Å². The first-order valence-electron chi connectivity index (χ1n) is 8.59. The van der Waals surface area contributed by atoms with Crippen LogP contribution in [0.5, 0.6) is 0 Å². The zero-order chi connectivity index (χ0) is 18.8. The second-order valence-corrected chi connectivity index (χ2v) is 7.12. The Morgan fingerprint density at radius 2 is 2.08 bits per heavy atom. The summed E-state index contributed by atoms with van der Waals surface area (Å²) >= 11 is 0. The van der Waals surface area contributed by atoms with Crippen molar-refractivity contribution in [2.75, 3.05) is 13.1 Å². The van der Waals surface area contributed by atoms with Gasteiger partial charge in [-0.15, -0.1) is 0 Å². The molecule has 1 aliphatic rings. The van der Waals surface area contributed by atoms with E-state index >= 15 is 0 Å². The van der Waals surface area contributed by atoms with Crippen LogP contribution in [0.1, 0.15) is 54.8 Å². The van der Waals surface area contributed by atoms with Gasteiger partial charge in [0.1, 0.15) is 11.3 Å². The molecule has 4 nitrogen and oxygen atoms in total. The van der Waals surface area contributed by atoms with Gasteiger partial charge in [-0.1, -0.05) is 13.8 Å². The Morgan fingerprint density at radius 1 is 1.40 bits per heavy atom. The lowest BCUT2D eigenvalue weighted by atomic mass is 9.96. The smallest absolute Gasteiger partial charge is 0.393 e. The first-order valence-corrected chi connectivity index (χ1v) is 8.59. The molecule has 0 spiro atoms. The van der Waals surface area contributed by atoms with E-state index in [0.717, 1.165) is 11.3 Å². The van der Waals surface area contributed by atoms with E-state index in [2.05, 4.69) is 13.8 Å². The van der Waals surface area contributed by atoms with Crippen LogP contribution in [0.3, 0.4) is 0 Å². The van der Waals surface area contributed by atoms with Crippen LogP contribution in [-0.4, -0.2) is 30.1 Å². The lowest BCUT2D eigenvalue weighted by Crippen LogP contribution is -2.45. The third kappa shape index (κ3) is 4.86. The predicted molar refractivity (Wildman–Crippen MR) is 87.6 cm³/mol. The number of hydrogen-bond donors (Lipinski definition) is 0. The van der Waals surface area contributed by atoms with E-state index in [1.54, 1.807) is 13.0 Å². The highest BCUT2D eigenvalue weighted by molar-refractivity contribution is 5.95. The van der Waals surface area contributed by atoms with Gasteiger partial charge in [0.25, 0.3) is 5.91 Å². The van der Waals surface area contributed by atoms with Gasteiger partial charge in [0.05, 0.1) is 5.92 Å². The number of hydrogen-bond acceptors (Lipinski definition) is 3. The maximum absolute atomic E-state index is 12.9. The van der Waals surface area contributed by atoms with E-state index in [0.29, 0.717) is 23.7 Å². The first-order chi connectivity index (χ1) is 11.6. The van der Waals surface area contributed by atoms with Crippen molar-refractivity contribution in [2.45, 2.75) is 52.6 Å². The minimum Gasteiger partial charge on any atom is -0.427 e. The van der Waals surface area contributed by atoms with Crippen molar-refractivity contribution >= 4 is 5.91 Å². The van der Waals surface area contributed by atoms with E-state index < -0.39 is 30.2 Å². The molecule has 0 N–H and O–H groups in total. The van der Waals surface area contributed by atoms with E-state index in [1.807, 2.05) is 0 Å². The molecule has 25 heavy (non-hydrogen) atoms. The van der Waals surface area contributed by atoms with Crippen molar-refractivity contribution in [3.05, 3.63) is 33.4 Å². The molecule has 1 fully saturated rings. The molecule has 140 valence electrons. The molecular weight excluding hydrogens is 335 g/mol. The molecular formula is C18H24F3NO3. The van der Waals surface area contributed by atoms with E-state index in [9.17, 15) is 22.8 Å². The van der Waals surface area contributed by atoms with Crippen LogP contribution in [0.15, 0.2) is 15.3 Å². The summed E-state index contributed by atoms with van der Waals surface area (Å²) in [6, 6.07) is 1.64. The van der Waals surface area contributed by atoms with Crippen molar-refractivity contribution in [3.63, 3.8) is 0 Å². The molecule has 1 aromatic heterocycles. The molecule has 1 saturated heterocycles. The number of carbonyl (C=O) groups is 1. The molecule has 2 heterocycles.